The predicted molar refractivity (Wildman–Crippen MR) is 113 cm³/mol. The average molecular weight is 417 g/mol. The lowest BCUT2D eigenvalue weighted by Gasteiger charge is -2.22. The second-order valence-electron chi connectivity index (χ2n) is 7.46. The highest BCUT2D eigenvalue weighted by atomic mass is 32.1. The van der Waals surface area contributed by atoms with Gasteiger partial charge in [0.05, 0.1) is 13.0 Å². The first-order valence-corrected chi connectivity index (χ1v) is 10.5. The molecule has 2 aromatic rings. The number of benzene rings is 1. The van der Waals surface area contributed by atoms with Crippen molar-refractivity contribution in [3.8, 4) is 11.4 Å². The molecule has 0 bridgehead atoms. The number of rotatable bonds is 10. The van der Waals surface area contributed by atoms with Gasteiger partial charge in [-0.3, -0.25) is 19.3 Å². The summed E-state index contributed by atoms with van der Waals surface area (Å²) >= 11 is 5.37. The summed E-state index contributed by atoms with van der Waals surface area (Å²) in [4.78, 5) is 26.4. The Hall–Kier alpha value is -2.48. The SMILES string of the molecule is CCOC(=O)CCN(CC1CC1)C(=O)CCn1c(-c2ccc(C)cc2)n[nH]c1=S. The van der Waals surface area contributed by atoms with Crippen LogP contribution in [0.1, 0.15) is 38.2 Å². The maximum atomic E-state index is 12.9. The number of aromatic nitrogens is 3. The lowest BCUT2D eigenvalue weighted by atomic mass is 10.1. The molecule has 1 N–H and O–H groups in total. The standard InChI is InChI=1S/C21H28N4O3S/c1-3-28-19(27)11-12-24(14-16-6-7-16)18(26)10-13-25-20(22-23-21(25)29)17-8-4-15(2)5-9-17/h4-5,8-9,16H,3,6-7,10-14H2,1-2H3,(H,23,29). The fourth-order valence-electron chi connectivity index (χ4n) is 3.20. The quantitative estimate of drug-likeness (QED) is 0.474. The Morgan fingerprint density at radius 2 is 2.00 bits per heavy atom. The van der Waals surface area contributed by atoms with Crippen molar-refractivity contribution in [2.24, 2.45) is 5.92 Å². The molecule has 1 aliphatic carbocycles. The van der Waals surface area contributed by atoms with E-state index in [2.05, 4.69) is 10.2 Å². The van der Waals surface area contributed by atoms with E-state index in [1.807, 2.05) is 35.8 Å². The number of amides is 1. The van der Waals surface area contributed by atoms with E-state index >= 15 is 0 Å². The molecule has 156 valence electrons. The van der Waals surface area contributed by atoms with Crippen molar-refractivity contribution in [1.29, 1.82) is 0 Å². The number of aryl methyl sites for hydroxylation is 1. The molecule has 0 spiro atoms. The van der Waals surface area contributed by atoms with Gasteiger partial charge in [-0.15, -0.1) is 0 Å². The van der Waals surface area contributed by atoms with Crippen molar-refractivity contribution in [3.63, 3.8) is 0 Å². The van der Waals surface area contributed by atoms with Gasteiger partial charge in [0.25, 0.3) is 0 Å². The second-order valence-corrected chi connectivity index (χ2v) is 7.84. The summed E-state index contributed by atoms with van der Waals surface area (Å²) < 4.78 is 7.35. The van der Waals surface area contributed by atoms with Crippen LogP contribution in [-0.4, -0.2) is 51.2 Å². The van der Waals surface area contributed by atoms with Gasteiger partial charge in [0.15, 0.2) is 10.6 Å². The Bertz CT molecular complexity index is 899. The van der Waals surface area contributed by atoms with Gasteiger partial charge in [-0.1, -0.05) is 29.8 Å². The van der Waals surface area contributed by atoms with Crippen LogP contribution < -0.4 is 0 Å². The topological polar surface area (TPSA) is 80.2 Å². The van der Waals surface area contributed by atoms with Crippen molar-refractivity contribution in [2.75, 3.05) is 19.7 Å². The normalized spacial score (nSPS) is 13.3. The average Bonchev–Trinajstić information content (AvgIpc) is 3.45. The van der Waals surface area contributed by atoms with Gasteiger partial charge >= 0.3 is 5.97 Å². The Morgan fingerprint density at radius 3 is 2.66 bits per heavy atom. The molecule has 29 heavy (non-hydrogen) atoms. The number of hydrogen-bond donors (Lipinski definition) is 1. The van der Waals surface area contributed by atoms with Crippen molar-refractivity contribution in [1.82, 2.24) is 19.7 Å². The van der Waals surface area contributed by atoms with Gasteiger partial charge < -0.3 is 9.64 Å². The van der Waals surface area contributed by atoms with E-state index in [9.17, 15) is 9.59 Å². The van der Waals surface area contributed by atoms with Crippen LogP contribution in [0, 0.1) is 17.6 Å². The number of nitrogens with zero attached hydrogens (tertiary/aromatic N) is 3. The van der Waals surface area contributed by atoms with Crippen LogP contribution in [0.25, 0.3) is 11.4 Å². The molecule has 1 aromatic carbocycles. The van der Waals surface area contributed by atoms with E-state index in [1.54, 1.807) is 11.8 Å². The van der Waals surface area contributed by atoms with Crippen LogP contribution in [0.15, 0.2) is 24.3 Å². The zero-order valence-electron chi connectivity index (χ0n) is 17.0. The summed E-state index contributed by atoms with van der Waals surface area (Å²) in [7, 11) is 0. The molecule has 0 radical (unpaired) electrons. The summed E-state index contributed by atoms with van der Waals surface area (Å²) in [6.07, 6.45) is 2.83. The predicted octanol–water partition coefficient (Wildman–Crippen LogP) is 3.50. The van der Waals surface area contributed by atoms with E-state index < -0.39 is 0 Å². The molecular formula is C21H28N4O3S. The van der Waals surface area contributed by atoms with E-state index in [-0.39, 0.29) is 18.3 Å². The summed E-state index contributed by atoms with van der Waals surface area (Å²) in [5.74, 6) is 1.04. The molecule has 0 aliphatic heterocycles. The molecule has 1 saturated carbocycles. The monoisotopic (exact) mass is 416 g/mol. The molecule has 0 unspecified atom stereocenters. The third-order valence-corrected chi connectivity index (χ3v) is 5.35. The third kappa shape index (κ3) is 6.00. The number of hydrogen-bond acceptors (Lipinski definition) is 5. The maximum absolute atomic E-state index is 12.9. The van der Waals surface area contributed by atoms with E-state index in [1.165, 1.54) is 5.56 Å². The Kier molecular flexibility index (Phi) is 7.19. The lowest BCUT2D eigenvalue weighted by molar-refractivity contribution is -0.144. The van der Waals surface area contributed by atoms with Gasteiger partial charge in [0, 0.05) is 31.6 Å². The first kappa shape index (κ1) is 21.2. The van der Waals surface area contributed by atoms with Gasteiger partial charge in [0.1, 0.15) is 0 Å². The molecule has 0 saturated heterocycles. The number of H-pyrrole nitrogens is 1. The van der Waals surface area contributed by atoms with E-state index in [4.69, 9.17) is 17.0 Å². The van der Waals surface area contributed by atoms with Crippen molar-refractivity contribution >= 4 is 24.1 Å². The van der Waals surface area contributed by atoms with E-state index in [0.717, 1.165) is 24.2 Å². The van der Waals surface area contributed by atoms with Gasteiger partial charge in [-0.2, -0.15) is 5.10 Å². The number of nitrogens with one attached hydrogen (secondary N) is 1. The summed E-state index contributed by atoms with van der Waals surface area (Å²) in [6.45, 7) is 5.72. The molecule has 1 aromatic heterocycles. The van der Waals surface area contributed by atoms with Crippen molar-refractivity contribution in [2.45, 2.75) is 46.1 Å². The number of carbonyl (C=O) groups excluding carboxylic acids is 2. The minimum absolute atomic E-state index is 0.0270. The minimum atomic E-state index is -0.264. The highest BCUT2D eigenvalue weighted by molar-refractivity contribution is 7.71. The minimum Gasteiger partial charge on any atom is -0.466 e. The Morgan fingerprint density at radius 1 is 1.28 bits per heavy atom. The molecule has 1 aliphatic rings. The van der Waals surface area contributed by atoms with Gasteiger partial charge in [-0.25, -0.2) is 0 Å². The molecule has 0 atom stereocenters. The summed E-state index contributed by atoms with van der Waals surface area (Å²) in [6, 6.07) is 8.04. The fourth-order valence-corrected chi connectivity index (χ4v) is 3.43. The Labute approximate surface area is 176 Å². The Balaban J connectivity index is 1.65. The van der Waals surface area contributed by atoms with Crippen LogP contribution >= 0.6 is 12.2 Å². The number of esters is 1. The van der Waals surface area contributed by atoms with Crippen molar-refractivity contribution < 1.29 is 14.3 Å². The van der Waals surface area contributed by atoms with E-state index in [0.29, 0.717) is 43.4 Å². The van der Waals surface area contributed by atoms with Crippen LogP contribution in [0.3, 0.4) is 0 Å². The molecule has 7 nitrogen and oxygen atoms in total. The largest absolute Gasteiger partial charge is 0.466 e. The molecular weight excluding hydrogens is 388 g/mol. The van der Waals surface area contributed by atoms with Crippen LogP contribution in [0.2, 0.25) is 0 Å². The second kappa shape index (κ2) is 9.82. The summed E-state index contributed by atoms with van der Waals surface area (Å²) in [5.41, 5.74) is 2.12. The van der Waals surface area contributed by atoms with Gasteiger partial charge in [0.2, 0.25) is 5.91 Å². The molecule has 1 heterocycles. The molecule has 1 fully saturated rings. The highest BCUT2D eigenvalue weighted by Gasteiger charge is 2.27. The van der Waals surface area contributed by atoms with Gasteiger partial charge in [-0.05, 0) is 44.8 Å². The smallest absolute Gasteiger partial charge is 0.307 e. The number of carbonyl (C=O) groups is 2. The lowest BCUT2D eigenvalue weighted by Crippen LogP contribution is -2.35. The maximum Gasteiger partial charge on any atom is 0.307 e. The van der Waals surface area contributed by atoms with Crippen LogP contribution in [0.4, 0.5) is 0 Å². The zero-order chi connectivity index (χ0) is 20.8. The van der Waals surface area contributed by atoms with Crippen LogP contribution in [-0.2, 0) is 20.9 Å². The first-order valence-electron chi connectivity index (χ1n) is 10.1. The fraction of sp³-hybridized carbons (Fsp3) is 0.524. The molecule has 1 amide bonds. The third-order valence-electron chi connectivity index (χ3n) is 5.04. The van der Waals surface area contributed by atoms with Crippen LogP contribution in [0.5, 0.6) is 0 Å². The summed E-state index contributed by atoms with van der Waals surface area (Å²) in [5, 5.41) is 7.17. The zero-order valence-corrected chi connectivity index (χ0v) is 17.8. The molecule has 8 heteroatoms. The first-order chi connectivity index (χ1) is 14.0. The molecule has 3 rings (SSSR count). The van der Waals surface area contributed by atoms with Crippen molar-refractivity contribution in [3.05, 3.63) is 34.6 Å². The highest BCUT2D eigenvalue weighted by Crippen LogP contribution is 2.30. The number of aromatic amines is 1. The number of ether oxygens (including phenoxy) is 1.